The lowest BCUT2D eigenvalue weighted by atomic mass is 10.2. The number of carbonyl (C=O) groups excluding carboxylic acids is 2. The molecule has 10 heteroatoms. The zero-order chi connectivity index (χ0) is 21.3. The van der Waals surface area contributed by atoms with E-state index in [0.717, 1.165) is 5.56 Å². The highest BCUT2D eigenvalue weighted by atomic mass is 32.2. The van der Waals surface area contributed by atoms with Gasteiger partial charge in [0.15, 0.2) is 11.3 Å². The standard InChI is InChI=1S/C20H19FN6O2S/c1-12(28)24-27-18-19(30-20(27)22-16-10-8-15(21)9-11-16)26(13(2)29)25-17(23-18)14-6-4-3-5-7-14/h3-11,18-19H,1-2H3,(H,23,25)(H,24,28)/t18-,19+/m1/s1. The Hall–Kier alpha value is -3.40. The number of nitrogens with one attached hydrogen (secondary N) is 2. The molecule has 0 spiro atoms. The molecule has 2 aliphatic rings. The van der Waals surface area contributed by atoms with Gasteiger partial charge in [-0.1, -0.05) is 42.1 Å². The first-order valence-electron chi connectivity index (χ1n) is 9.19. The Balaban J connectivity index is 1.76. The van der Waals surface area contributed by atoms with Crippen molar-refractivity contribution in [3.05, 3.63) is 66.0 Å². The number of halogens is 1. The third-order valence-corrected chi connectivity index (χ3v) is 5.60. The molecule has 2 amide bonds. The fourth-order valence-corrected chi connectivity index (χ4v) is 4.35. The smallest absolute Gasteiger partial charge is 0.239 e. The van der Waals surface area contributed by atoms with Crippen molar-refractivity contribution in [2.75, 3.05) is 0 Å². The Morgan fingerprint density at radius 3 is 2.47 bits per heavy atom. The summed E-state index contributed by atoms with van der Waals surface area (Å²) in [5, 5.41) is 3.01. The summed E-state index contributed by atoms with van der Waals surface area (Å²) >= 11 is 1.28. The molecule has 2 aromatic rings. The molecule has 4 rings (SSSR count). The summed E-state index contributed by atoms with van der Waals surface area (Å²) in [6.07, 6.45) is -0.599. The minimum atomic E-state index is -0.599. The zero-order valence-electron chi connectivity index (χ0n) is 16.2. The zero-order valence-corrected chi connectivity index (χ0v) is 17.1. The number of hydrazine groups is 2. The molecule has 2 aromatic carbocycles. The molecule has 0 radical (unpaired) electrons. The van der Waals surface area contributed by atoms with Crippen molar-refractivity contribution in [1.82, 2.24) is 20.9 Å². The number of nitrogens with zero attached hydrogens (tertiary/aromatic N) is 4. The molecule has 0 aliphatic carbocycles. The Kier molecular flexibility index (Phi) is 5.40. The summed E-state index contributed by atoms with van der Waals surface area (Å²) in [5.74, 6) is -0.362. The summed E-state index contributed by atoms with van der Waals surface area (Å²) in [6, 6.07) is 15.1. The average molecular weight is 426 g/mol. The summed E-state index contributed by atoms with van der Waals surface area (Å²) in [5.41, 5.74) is 7.15. The predicted octanol–water partition coefficient (Wildman–Crippen LogP) is 2.38. The molecular weight excluding hydrogens is 407 g/mol. The lowest BCUT2D eigenvalue weighted by Gasteiger charge is -2.37. The van der Waals surface area contributed by atoms with Crippen molar-refractivity contribution in [1.29, 1.82) is 0 Å². The van der Waals surface area contributed by atoms with Crippen LogP contribution in [0.4, 0.5) is 10.1 Å². The van der Waals surface area contributed by atoms with Crippen LogP contribution in [0.15, 0.2) is 64.6 Å². The summed E-state index contributed by atoms with van der Waals surface area (Å²) in [4.78, 5) is 33.5. The lowest BCUT2D eigenvalue weighted by molar-refractivity contribution is -0.133. The van der Waals surface area contributed by atoms with Gasteiger partial charge in [-0.2, -0.15) is 0 Å². The Morgan fingerprint density at radius 2 is 1.83 bits per heavy atom. The van der Waals surface area contributed by atoms with Gasteiger partial charge in [-0.05, 0) is 24.3 Å². The van der Waals surface area contributed by atoms with Crippen LogP contribution in [0.1, 0.15) is 19.4 Å². The number of hydrogen-bond donors (Lipinski definition) is 2. The number of fused-ring (bicyclic) bond motifs is 1. The SMILES string of the molecule is CC(=O)NN1C(=Nc2ccc(F)cc2)S[C@H]2[C@@H]1N=C(c1ccccc1)NN2C(C)=O. The molecule has 30 heavy (non-hydrogen) atoms. The monoisotopic (exact) mass is 426 g/mol. The van der Waals surface area contributed by atoms with Crippen molar-refractivity contribution in [2.24, 2.45) is 9.98 Å². The van der Waals surface area contributed by atoms with Crippen molar-refractivity contribution in [3.8, 4) is 0 Å². The van der Waals surface area contributed by atoms with E-state index < -0.39 is 11.5 Å². The van der Waals surface area contributed by atoms with E-state index in [-0.39, 0.29) is 17.6 Å². The normalized spacial score (nSPS) is 21.7. The van der Waals surface area contributed by atoms with Gasteiger partial charge in [0.25, 0.3) is 0 Å². The molecule has 1 saturated heterocycles. The number of thioether (sulfide) groups is 1. The third-order valence-electron chi connectivity index (χ3n) is 4.41. The Morgan fingerprint density at radius 1 is 1.13 bits per heavy atom. The van der Waals surface area contributed by atoms with E-state index in [0.29, 0.717) is 16.7 Å². The van der Waals surface area contributed by atoms with E-state index >= 15 is 0 Å². The fraction of sp³-hybridized carbons (Fsp3) is 0.200. The largest absolute Gasteiger partial charge is 0.278 e. The van der Waals surface area contributed by atoms with E-state index in [2.05, 4.69) is 15.8 Å². The number of benzene rings is 2. The van der Waals surface area contributed by atoms with Gasteiger partial charge in [0.1, 0.15) is 17.0 Å². The van der Waals surface area contributed by atoms with Crippen molar-refractivity contribution < 1.29 is 14.0 Å². The average Bonchev–Trinajstić information content (AvgIpc) is 3.06. The molecule has 0 aromatic heterocycles. The van der Waals surface area contributed by atoms with Crippen molar-refractivity contribution in [3.63, 3.8) is 0 Å². The lowest BCUT2D eigenvalue weighted by Crippen LogP contribution is -2.60. The summed E-state index contributed by atoms with van der Waals surface area (Å²) in [7, 11) is 0. The van der Waals surface area contributed by atoms with E-state index in [9.17, 15) is 14.0 Å². The number of carbonyl (C=O) groups is 2. The van der Waals surface area contributed by atoms with E-state index in [4.69, 9.17) is 4.99 Å². The second-order valence-corrected chi connectivity index (χ2v) is 7.76. The minimum absolute atomic E-state index is 0.202. The molecule has 2 N–H and O–H groups in total. The van der Waals surface area contributed by atoms with Gasteiger partial charge < -0.3 is 0 Å². The molecule has 0 unspecified atom stereocenters. The quantitative estimate of drug-likeness (QED) is 0.787. The molecule has 1 fully saturated rings. The first-order valence-corrected chi connectivity index (χ1v) is 10.1. The summed E-state index contributed by atoms with van der Waals surface area (Å²) < 4.78 is 13.2. The van der Waals surface area contributed by atoms with Crippen molar-refractivity contribution in [2.45, 2.75) is 25.4 Å². The van der Waals surface area contributed by atoms with Crippen LogP contribution in [-0.4, -0.2) is 44.4 Å². The molecule has 0 bridgehead atoms. The topological polar surface area (TPSA) is 89.4 Å². The van der Waals surface area contributed by atoms with Crippen LogP contribution >= 0.6 is 11.8 Å². The maximum atomic E-state index is 13.2. The van der Waals surface area contributed by atoms with Gasteiger partial charge in [0.2, 0.25) is 11.8 Å². The van der Waals surface area contributed by atoms with Crippen LogP contribution in [0.2, 0.25) is 0 Å². The number of hydrogen-bond acceptors (Lipinski definition) is 6. The number of amides is 2. The van der Waals surface area contributed by atoms with Gasteiger partial charge in [0.05, 0.1) is 5.69 Å². The Labute approximate surface area is 176 Å². The minimum Gasteiger partial charge on any atom is -0.278 e. The number of aliphatic imine (C=N–C) groups is 2. The molecule has 0 saturated carbocycles. The third kappa shape index (κ3) is 3.99. The van der Waals surface area contributed by atoms with Gasteiger partial charge in [-0.3, -0.25) is 20.4 Å². The van der Waals surface area contributed by atoms with Crippen LogP contribution in [0, 0.1) is 5.82 Å². The highest BCUT2D eigenvalue weighted by molar-refractivity contribution is 8.14. The van der Waals surface area contributed by atoms with E-state index in [1.54, 1.807) is 5.01 Å². The predicted molar refractivity (Wildman–Crippen MR) is 113 cm³/mol. The number of rotatable bonds is 3. The van der Waals surface area contributed by atoms with Crippen LogP contribution in [0.25, 0.3) is 0 Å². The van der Waals surface area contributed by atoms with Crippen LogP contribution in [0.3, 0.4) is 0 Å². The summed E-state index contributed by atoms with van der Waals surface area (Å²) in [6.45, 7) is 2.84. The second kappa shape index (κ2) is 8.15. The maximum Gasteiger partial charge on any atom is 0.239 e. The van der Waals surface area contributed by atoms with E-state index in [1.165, 1.54) is 54.9 Å². The highest BCUT2D eigenvalue weighted by Gasteiger charge is 2.47. The first kappa shape index (κ1) is 19.9. The Bertz CT molecular complexity index is 1030. The molecule has 8 nitrogen and oxygen atoms in total. The van der Waals surface area contributed by atoms with Gasteiger partial charge in [-0.25, -0.2) is 24.4 Å². The molecule has 2 heterocycles. The second-order valence-electron chi connectivity index (χ2n) is 6.68. The first-order chi connectivity index (χ1) is 14.4. The number of amidine groups is 2. The van der Waals surface area contributed by atoms with Crippen LogP contribution in [-0.2, 0) is 9.59 Å². The van der Waals surface area contributed by atoms with Crippen LogP contribution in [0.5, 0.6) is 0 Å². The van der Waals surface area contributed by atoms with E-state index in [1.807, 2.05) is 30.3 Å². The molecule has 154 valence electrons. The van der Waals surface area contributed by atoms with Gasteiger partial charge in [-0.15, -0.1) is 0 Å². The molecular formula is C20H19FN6O2S. The highest BCUT2D eigenvalue weighted by Crippen LogP contribution is 2.36. The van der Waals surface area contributed by atoms with Gasteiger partial charge >= 0.3 is 0 Å². The fourth-order valence-electron chi connectivity index (χ4n) is 3.10. The van der Waals surface area contributed by atoms with Crippen LogP contribution < -0.4 is 10.9 Å². The van der Waals surface area contributed by atoms with Gasteiger partial charge in [0, 0.05) is 19.4 Å². The maximum absolute atomic E-state index is 13.2. The van der Waals surface area contributed by atoms with Crippen molar-refractivity contribution >= 4 is 40.3 Å². The molecule has 2 atom stereocenters. The molecule has 2 aliphatic heterocycles.